The third kappa shape index (κ3) is 6.53. The number of carbonyl (C=O) groups is 1. The van der Waals surface area contributed by atoms with Crippen molar-refractivity contribution in [3.05, 3.63) is 29.3 Å². The van der Waals surface area contributed by atoms with E-state index in [0.29, 0.717) is 24.5 Å². The van der Waals surface area contributed by atoms with Gasteiger partial charge in [-0.1, -0.05) is 26.8 Å². The van der Waals surface area contributed by atoms with Crippen molar-refractivity contribution >= 4 is 18.0 Å². The second kappa shape index (κ2) is 9.11. The van der Waals surface area contributed by atoms with Crippen molar-refractivity contribution < 1.29 is 14.3 Å². The lowest BCUT2D eigenvalue weighted by Crippen LogP contribution is -2.18. The van der Waals surface area contributed by atoms with Crippen LogP contribution in [0.5, 0.6) is 5.75 Å². The van der Waals surface area contributed by atoms with Gasteiger partial charge in [-0.15, -0.1) is 0 Å². The highest BCUT2D eigenvalue weighted by molar-refractivity contribution is 7.99. The normalized spacial score (nSPS) is 11.4. The van der Waals surface area contributed by atoms with Gasteiger partial charge in [-0.2, -0.15) is 11.8 Å². The molecule has 1 aromatic rings. The van der Waals surface area contributed by atoms with Crippen LogP contribution in [0.4, 0.5) is 0 Å². The van der Waals surface area contributed by atoms with E-state index in [1.807, 2.05) is 30.0 Å². The van der Waals surface area contributed by atoms with Gasteiger partial charge in [0.15, 0.2) is 6.29 Å². The molecule has 0 amide bonds. The summed E-state index contributed by atoms with van der Waals surface area (Å²) in [6.45, 7) is 8.22. The third-order valence-corrected chi connectivity index (χ3v) is 4.80. The smallest absolute Gasteiger partial charge is 0.153 e. The van der Waals surface area contributed by atoms with Crippen molar-refractivity contribution in [3.8, 4) is 5.75 Å². The van der Waals surface area contributed by atoms with Crippen LogP contribution in [0, 0.1) is 0 Å². The SMILES string of the molecule is CCc1ccc(OCCOCCC(C)(C)SC)c(C=O)c1. The summed E-state index contributed by atoms with van der Waals surface area (Å²) >= 11 is 1.85. The van der Waals surface area contributed by atoms with E-state index in [0.717, 1.165) is 31.3 Å². The number of hydrogen-bond donors (Lipinski definition) is 0. The third-order valence-electron chi connectivity index (χ3n) is 3.50. The highest BCUT2D eigenvalue weighted by Gasteiger charge is 2.15. The van der Waals surface area contributed by atoms with Gasteiger partial charge in [0.2, 0.25) is 0 Å². The van der Waals surface area contributed by atoms with Crippen LogP contribution in [0.1, 0.15) is 43.1 Å². The van der Waals surface area contributed by atoms with E-state index in [-0.39, 0.29) is 4.75 Å². The molecule has 0 bridgehead atoms. The molecule has 0 aliphatic carbocycles. The Balaban J connectivity index is 2.31. The lowest BCUT2D eigenvalue weighted by atomic mass is 10.1. The molecule has 3 nitrogen and oxygen atoms in total. The fourth-order valence-corrected chi connectivity index (χ4v) is 2.06. The summed E-state index contributed by atoms with van der Waals surface area (Å²) < 4.78 is 11.5. The Morgan fingerprint density at radius 2 is 2.00 bits per heavy atom. The first kappa shape index (κ1) is 18.1. The van der Waals surface area contributed by atoms with Gasteiger partial charge < -0.3 is 9.47 Å². The molecule has 0 spiro atoms. The van der Waals surface area contributed by atoms with Crippen molar-refractivity contribution in [1.82, 2.24) is 0 Å². The molecule has 0 saturated carbocycles. The van der Waals surface area contributed by atoms with Crippen molar-refractivity contribution in [2.45, 2.75) is 38.4 Å². The highest BCUT2D eigenvalue weighted by atomic mass is 32.2. The maximum atomic E-state index is 11.1. The minimum atomic E-state index is 0.252. The molecule has 1 rings (SSSR count). The minimum absolute atomic E-state index is 0.252. The molecule has 0 fully saturated rings. The van der Waals surface area contributed by atoms with Crippen molar-refractivity contribution in [2.75, 3.05) is 26.1 Å². The summed E-state index contributed by atoms with van der Waals surface area (Å²) in [5, 5.41) is 0. The number of ether oxygens (including phenoxy) is 2. The first-order valence-electron chi connectivity index (χ1n) is 7.36. The van der Waals surface area contributed by atoms with Crippen LogP contribution in [-0.2, 0) is 11.2 Å². The van der Waals surface area contributed by atoms with Gasteiger partial charge in [0, 0.05) is 11.4 Å². The number of thioether (sulfide) groups is 1. The van der Waals surface area contributed by atoms with E-state index in [4.69, 9.17) is 9.47 Å². The average molecular weight is 310 g/mol. The number of aryl methyl sites for hydroxylation is 1. The molecule has 21 heavy (non-hydrogen) atoms. The van der Waals surface area contributed by atoms with E-state index >= 15 is 0 Å². The number of benzene rings is 1. The van der Waals surface area contributed by atoms with E-state index in [1.165, 1.54) is 0 Å². The van der Waals surface area contributed by atoms with Gasteiger partial charge in [-0.25, -0.2) is 0 Å². The zero-order valence-corrected chi connectivity index (χ0v) is 14.3. The molecule has 0 unspecified atom stereocenters. The molecule has 4 heteroatoms. The monoisotopic (exact) mass is 310 g/mol. The van der Waals surface area contributed by atoms with Crippen molar-refractivity contribution in [2.24, 2.45) is 0 Å². The Morgan fingerprint density at radius 3 is 2.62 bits per heavy atom. The standard InChI is InChI=1S/C17H26O3S/c1-5-14-6-7-16(15(12-14)13-18)20-11-10-19-9-8-17(2,3)21-4/h6-7,12-13H,5,8-11H2,1-4H3. The van der Waals surface area contributed by atoms with Crippen LogP contribution < -0.4 is 4.74 Å². The van der Waals surface area contributed by atoms with E-state index < -0.39 is 0 Å². The summed E-state index contributed by atoms with van der Waals surface area (Å²) in [6, 6.07) is 5.73. The molecule has 1 aromatic carbocycles. The van der Waals surface area contributed by atoms with Crippen molar-refractivity contribution in [3.63, 3.8) is 0 Å². The minimum Gasteiger partial charge on any atom is -0.490 e. The molecular weight excluding hydrogens is 284 g/mol. The zero-order valence-electron chi connectivity index (χ0n) is 13.5. The zero-order chi connectivity index (χ0) is 15.7. The van der Waals surface area contributed by atoms with Gasteiger partial charge in [-0.3, -0.25) is 4.79 Å². The molecule has 118 valence electrons. The predicted octanol–water partition coefficient (Wildman–Crippen LogP) is 3.99. The van der Waals surface area contributed by atoms with E-state index in [1.54, 1.807) is 0 Å². The highest BCUT2D eigenvalue weighted by Crippen LogP contribution is 2.24. The summed E-state index contributed by atoms with van der Waals surface area (Å²) in [5.41, 5.74) is 1.75. The molecule has 0 aliphatic rings. The molecule has 0 aromatic heterocycles. The van der Waals surface area contributed by atoms with E-state index in [9.17, 15) is 4.79 Å². The molecule has 0 saturated heterocycles. The summed E-state index contributed by atoms with van der Waals surface area (Å²) in [7, 11) is 0. The quantitative estimate of drug-likeness (QED) is 0.483. The van der Waals surface area contributed by atoms with Crippen molar-refractivity contribution in [1.29, 1.82) is 0 Å². The van der Waals surface area contributed by atoms with Crippen LogP contribution in [0.2, 0.25) is 0 Å². The largest absolute Gasteiger partial charge is 0.490 e. The fraction of sp³-hybridized carbons (Fsp3) is 0.588. The Morgan fingerprint density at radius 1 is 1.24 bits per heavy atom. The Labute approximate surface area is 132 Å². The van der Waals surface area contributed by atoms with Gasteiger partial charge in [-0.05, 0) is 36.8 Å². The average Bonchev–Trinajstić information content (AvgIpc) is 2.50. The van der Waals surface area contributed by atoms with Crippen LogP contribution in [0.15, 0.2) is 18.2 Å². The Bertz CT molecular complexity index is 444. The molecular formula is C17H26O3S. The number of aldehydes is 1. The summed E-state index contributed by atoms with van der Waals surface area (Å²) in [4.78, 5) is 11.1. The number of hydrogen-bond acceptors (Lipinski definition) is 4. The number of carbonyl (C=O) groups excluding carboxylic acids is 1. The lowest BCUT2D eigenvalue weighted by molar-refractivity contribution is 0.0939. The Hall–Kier alpha value is -1.00. The Kier molecular flexibility index (Phi) is 7.83. The maximum Gasteiger partial charge on any atom is 0.153 e. The van der Waals surface area contributed by atoms with Gasteiger partial charge in [0.1, 0.15) is 12.4 Å². The van der Waals surface area contributed by atoms with Gasteiger partial charge >= 0.3 is 0 Å². The van der Waals surface area contributed by atoms with E-state index in [2.05, 4.69) is 27.0 Å². The first-order chi connectivity index (χ1) is 10.0. The fourth-order valence-electron chi connectivity index (χ4n) is 1.77. The number of rotatable bonds is 10. The van der Waals surface area contributed by atoms with Gasteiger partial charge in [0.05, 0.1) is 12.2 Å². The maximum absolute atomic E-state index is 11.1. The first-order valence-corrected chi connectivity index (χ1v) is 8.58. The summed E-state index contributed by atoms with van der Waals surface area (Å²) in [6.07, 6.45) is 4.88. The van der Waals surface area contributed by atoms with Crippen LogP contribution in [0.3, 0.4) is 0 Å². The molecule has 0 radical (unpaired) electrons. The van der Waals surface area contributed by atoms with Crippen LogP contribution in [-0.4, -0.2) is 37.1 Å². The molecule has 0 aliphatic heterocycles. The molecule has 0 atom stereocenters. The predicted molar refractivity (Wildman–Crippen MR) is 89.7 cm³/mol. The molecule has 0 N–H and O–H groups in total. The second-order valence-electron chi connectivity index (χ2n) is 5.52. The van der Waals surface area contributed by atoms with Crippen LogP contribution >= 0.6 is 11.8 Å². The molecule has 0 heterocycles. The topological polar surface area (TPSA) is 35.5 Å². The summed E-state index contributed by atoms with van der Waals surface area (Å²) in [5.74, 6) is 0.634. The lowest BCUT2D eigenvalue weighted by Gasteiger charge is -2.21. The van der Waals surface area contributed by atoms with Gasteiger partial charge in [0.25, 0.3) is 0 Å². The van der Waals surface area contributed by atoms with Crippen LogP contribution in [0.25, 0.3) is 0 Å². The second-order valence-corrected chi connectivity index (χ2v) is 7.03.